The zero-order chi connectivity index (χ0) is 13.1. The molecular weight excluding hydrogens is 250 g/mol. The largest absolute Gasteiger partial charge is 0.586 e. The fraction of sp³-hybridized carbons (Fsp3) is 0.364. The molecule has 1 aromatic rings. The summed E-state index contributed by atoms with van der Waals surface area (Å²) < 4.78 is 39.9. The first-order chi connectivity index (χ1) is 8.31. The van der Waals surface area contributed by atoms with Gasteiger partial charge in [0.1, 0.15) is 5.75 Å². The predicted molar refractivity (Wildman–Crippen MR) is 53.0 cm³/mol. The van der Waals surface area contributed by atoms with Crippen molar-refractivity contribution < 1.29 is 32.9 Å². The Labute approximate surface area is 99.9 Å². The summed E-state index contributed by atoms with van der Waals surface area (Å²) in [4.78, 5) is 11.1. The van der Waals surface area contributed by atoms with Gasteiger partial charge in [0.25, 0.3) is 0 Å². The molecule has 96 valence electrons. The first-order valence-electron chi connectivity index (χ1n) is 5.15. The first-order valence-corrected chi connectivity index (χ1v) is 5.15. The Hall–Kier alpha value is -2.05. The summed E-state index contributed by atoms with van der Waals surface area (Å²) in [7, 11) is 0. The number of fused-ring (bicyclic) bond motifs is 3. The van der Waals surface area contributed by atoms with Crippen LogP contribution in [0, 0.1) is 0 Å². The molecule has 0 radical (unpaired) electrons. The summed E-state index contributed by atoms with van der Waals surface area (Å²) >= 11 is 0. The van der Waals surface area contributed by atoms with Gasteiger partial charge >= 0.3 is 12.3 Å². The van der Waals surface area contributed by atoms with Crippen LogP contribution >= 0.6 is 0 Å². The fourth-order valence-electron chi connectivity index (χ4n) is 2.05. The Morgan fingerprint density at radius 3 is 2.61 bits per heavy atom. The van der Waals surface area contributed by atoms with Crippen LogP contribution in [0.15, 0.2) is 12.1 Å². The van der Waals surface area contributed by atoms with E-state index in [4.69, 9.17) is 9.84 Å². The number of aliphatic carboxylic acids is 1. The third-order valence-corrected chi connectivity index (χ3v) is 2.93. The number of carbonyl (C=O) groups is 1. The second-order valence-corrected chi connectivity index (χ2v) is 4.35. The van der Waals surface area contributed by atoms with Crippen molar-refractivity contribution in [3.63, 3.8) is 0 Å². The lowest BCUT2D eigenvalue weighted by molar-refractivity contribution is -0.286. The van der Waals surface area contributed by atoms with Crippen molar-refractivity contribution in [3.05, 3.63) is 17.7 Å². The molecule has 1 N–H and O–H groups in total. The molecule has 0 spiro atoms. The summed E-state index contributed by atoms with van der Waals surface area (Å²) in [5, 5.41) is 9.05. The van der Waals surface area contributed by atoms with Crippen molar-refractivity contribution in [1.82, 2.24) is 0 Å². The zero-order valence-corrected chi connectivity index (χ0v) is 9.20. The molecule has 7 heteroatoms. The highest BCUT2D eigenvalue weighted by Crippen LogP contribution is 2.50. The Balaban J connectivity index is 2.05. The summed E-state index contributed by atoms with van der Waals surface area (Å²) in [6, 6.07) is 2.66. The molecule has 18 heavy (non-hydrogen) atoms. The average molecular weight is 258 g/mol. The molecule has 2 aliphatic heterocycles. The summed E-state index contributed by atoms with van der Waals surface area (Å²) in [6.45, 7) is 1.37. The van der Waals surface area contributed by atoms with E-state index < -0.39 is 17.9 Å². The van der Waals surface area contributed by atoms with Gasteiger partial charge in [0, 0.05) is 12.0 Å². The van der Waals surface area contributed by atoms with Crippen molar-refractivity contribution in [2.45, 2.75) is 25.2 Å². The normalized spacial score (nSPS) is 26.6. The second kappa shape index (κ2) is 3.04. The molecule has 1 aromatic carbocycles. The van der Waals surface area contributed by atoms with E-state index in [2.05, 4.69) is 9.47 Å². The van der Waals surface area contributed by atoms with Gasteiger partial charge < -0.3 is 19.3 Å². The van der Waals surface area contributed by atoms with Gasteiger partial charge in [0.05, 0.1) is 0 Å². The predicted octanol–water partition coefficient (Wildman–Crippen LogP) is 1.79. The Morgan fingerprint density at radius 1 is 1.28 bits per heavy atom. The van der Waals surface area contributed by atoms with E-state index in [1.165, 1.54) is 19.1 Å². The second-order valence-electron chi connectivity index (χ2n) is 4.35. The van der Waals surface area contributed by atoms with Gasteiger partial charge in [0.2, 0.25) is 5.60 Å². The molecule has 5 nitrogen and oxygen atoms in total. The third-order valence-electron chi connectivity index (χ3n) is 2.93. The van der Waals surface area contributed by atoms with Crippen molar-refractivity contribution in [2.24, 2.45) is 0 Å². The van der Waals surface area contributed by atoms with Crippen LogP contribution in [0.2, 0.25) is 0 Å². The minimum absolute atomic E-state index is 0.0553. The number of benzene rings is 1. The minimum atomic E-state index is -3.72. The van der Waals surface area contributed by atoms with Gasteiger partial charge in [-0.3, -0.25) is 0 Å². The zero-order valence-electron chi connectivity index (χ0n) is 9.20. The first kappa shape index (κ1) is 11.1. The van der Waals surface area contributed by atoms with E-state index in [1.54, 1.807) is 0 Å². The highest BCUT2D eigenvalue weighted by molar-refractivity contribution is 5.80. The van der Waals surface area contributed by atoms with E-state index in [0.717, 1.165) is 0 Å². The Bertz CT molecular complexity index is 557. The molecule has 1 unspecified atom stereocenters. The number of carboxylic acids is 1. The average Bonchev–Trinajstić information content (AvgIpc) is 2.74. The maximum Gasteiger partial charge on any atom is 0.586 e. The van der Waals surface area contributed by atoms with Gasteiger partial charge in [-0.1, -0.05) is 0 Å². The van der Waals surface area contributed by atoms with E-state index in [0.29, 0.717) is 0 Å². The smallest absolute Gasteiger partial charge is 0.478 e. The molecule has 1 atom stereocenters. The highest BCUT2D eigenvalue weighted by Gasteiger charge is 2.50. The number of hydrogen-bond donors (Lipinski definition) is 1. The molecule has 0 fully saturated rings. The third kappa shape index (κ3) is 1.40. The number of hydrogen-bond acceptors (Lipinski definition) is 4. The van der Waals surface area contributed by atoms with Gasteiger partial charge in [-0.2, -0.15) is 0 Å². The number of alkyl halides is 2. The monoisotopic (exact) mass is 258 g/mol. The molecular formula is C11H8F2O5. The molecule has 3 rings (SSSR count). The molecule has 0 amide bonds. The lowest BCUT2D eigenvalue weighted by Crippen LogP contribution is -2.39. The van der Waals surface area contributed by atoms with Crippen LogP contribution in [0.25, 0.3) is 0 Å². The quantitative estimate of drug-likeness (QED) is 0.831. The number of halogens is 2. The van der Waals surface area contributed by atoms with Crippen LogP contribution in [0.4, 0.5) is 8.78 Å². The van der Waals surface area contributed by atoms with Crippen LogP contribution in [0.1, 0.15) is 12.5 Å². The Kier molecular flexibility index (Phi) is 1.87. The molecule has 2 aliphatic rings. The van der Waals surface area contributed by atoms with Crippen LogP contribution in [-0.2, 0) is 11.2 Å². The molecule has 0 saturated carbocycles. The summed E-state index contributed by atoms with van der Waals surface area (Å²) in [5.41, 5.74) is -1.19. The van der Waals surface area contributed by atoms with E-state index in [-0.39, 0.29) is 29.2 Å². The van der Waals surface area contributed by atoms with Gasteiger partial charge in [-0.15, -0.1) is 8.78 Å². The van der Waals surface area contributed by atoms with Crippen molar-refractivity contribution >= 4 is 5.97 Å². The van der Waals surface area contributed by atoms with Crippen LogP contribution < -0.4 is 14.2 Å². The van der Waals surface area contributed by atoms with E-state index >= 15 is 0 Å². The molecule has 0 aromatic heterocycles. The number of carboxylic acid groups (broad SMARTS) is 1. The van der Waals surface area contributed by atoms with Crippen molar-refractivity contribution in [1.29, 1.82) is 0 Å². The Morgan fingerprint density at radius 2 is 1.94 bits per heavy atom. The van der Waals surface area contributed by atoms with Gasteiger partial charge in [-0.25, -0.2) is 4.79 Å². The standard InChI is InChI=1S/C11H8F2O5/c1-10(9(14)15)4-5-6(16-10)2-3-7-8(5)18-11(12,13)17-7/h2-3H,4H2,1H3,(H,14,15). The molecule has 2 heterocycles. The SMILES string of the molecule is CC1(C(=O)O)Cc2c(ccc3c2OC(F)(F)O3)O1. The molecule has 0 aliphatic carbocycles. The van der Waals surface area contributed by atoms with Gasteiger partial charge in [-0.05, 0) is 19.1 Å². The van der Waals surface area contributed by atoms with Crippen molar-refractivity contribution in [2.75, 3.05) is 0 Å². The summed E-state index contributed by atoms with van der Waals surface area (Å²) in [6.07, 6.45) is -3.78. The van der Waals surface area contributed by atoms with Crippen LogP contribution in [-0.4, -0.2) is 23.0 Å². The van der Waals surface area contributed by atoms with Crippen LogP contribution in [0.3, 0.4) is 0 Å². The summed E-state index contributed by atoms with van der Waals surface area (Å²) in [5.74, 6) is -1.21. The lowest BCUT2D eigenvalue weighted by atomic mass is 9.99. The lowest BCUT2D eigenvalue weighted by Gasteiger charge is -2.17. The van der Waals surface area contributed by atoms with Crippen LogP contribution in [0.5, 0.6) is 17.2 Å². The van der Waals surface area contributed by atoms with E-state index in [1.807, 2.05) is 0 Å². The molecule has 0 saturated heterocycles. The fourth-order valence-corrected chi connectivity index (χ4v) is 2.05. The highest BCUT2D eigenvalue weighted by atomic mass is 19.3. The molecule has 0 bridgehead atoms. The maximum absolute atomic E-state index is 13.0. The van der Waals surface area contributed by atoms with Gasteiger partial charge in [0.15, 0.2) is 11.5 Å². The minimum Gasteiger partial charge on any atom is -0.478 e. The number of rotatable bonds is 1. The number of ether oxygens (including phenoxy) is 3. The maximum atomic E-state index is 13.0. The van der Waals surface area contributed by atoms with E-state index in [9.17, 15) is 13.6 Å². The topological polar surface area (TPSA) is 65.0 Å². The van der Waals surface area contributed by atoms with Crippen molar-refractivity contribution in [3.8, 4) is 17.2 Å².